The van der Waals surface area contributed by atoms with Crippen LogP contribution >= 0.6 is 11.5 Å². The number of aromatic amines is 1. The molecule has 0 aliphatic carbocycles. The predicted molar refractivity (Wildman–Crippen MR) is 73.7 cm³/mol. The van der Waals surface area contributed by atoms with E-state index < -0.39 is 0 Å². The van der Waals surface area contributed by atoms with E-state index in [-0.39, 0.29) is 11.2 Å². The summed E-state index contributed by atoms with van der Waals surface area (Å²) in [5.41, 5.74) is 2.22. The maximum absolute atomic E-state index is 13.2. The molecule has 0 spiro atoms. The molecule has 3 aromatic rings. The monoisotopic (exact) mass is 276 g/mol. The molecule has 0 fully saturated rings. The highest BCUT2D eigenvalue weighted by Gasteiger charge is 2.24. The Balaban J connectivity index is 2.17. The lowest BCUT2D eigenvalue weighted by molar-refractivity contribution is 0.568. The lowest BCUT2D eigenvalue weighted by Gasteiger charge is -2.15. The molecule has 0 bridgehead atoms. The number of hydrogen-bond acceptors (Lipinski definition) is 4. The van der Waals surface area contributed by atoms with Gasteiger partial charge in [0, 0.05) is 5.41 Å². The van der Waals surface area contributed by atoms with E-state index in [1.807, 2.05) is 0 Å². The van der Waals surface area contributed by atoms with Crippen molar-refractivity contribution in [1.82, 2.24) is 19.6 Å². The average molecular weight is 276 g/mol. The molecule has 0 amide bonds. The summed E-state index contributed by atoms with van der Waals surface area (Å²) in [6, 6.07) is 4.51. The van der Waals surface area contributed by atoms with Crippen molar-refractivity contribution in [2.24, 2.45) is 0 Å². The van der Waals surface area contributed by atoms with Crippen LogP contribution in [0.1, 0.15) is 26.5 Å². The van der Waals surface area contributed by atoms with Crippen LogP contribution in [-0.4, -0.2) is 19.6 Å². The molecule has 2 aromatic heterocycles. The normalized spacial score (nSPS) is 12.2. The zero-order valence-electron chi connectivity index (χ0n) is 10.9. The number of aromatic nitrogens is 4. The van der Waals surface area contributed by atoms with E-state index >= 15 is 0 Å². The minimum Gasteiger partial charge on any atom is -0.337 e. The smallest absolute Gasteiger partial charge is 0.152 e. The van der Waals surface area contributed by atoms with Gasteiger partial charge in [-0.2, -0.15) is 0 Å². The molecule has 2 heterocycles. The Morgan fingerprint density at radius 1 is 1.26 bits per heavy atom. The third-order valence-electron chi connectivity index (χ3n) is 2.86. The number of nitrogens with zero attached hydrogens (tertiary/aromatic N) is 3. The first-order valence-corrected chi connectivity index (χ1v) is 6.71. The van der Waals surface area contributed by atoms with Gasteiger partial charge in [0.2, 0.25) is 0 Å². The second-order valence-electron chi connectivity index (χ2n) is 5.45. The highest BCUT2D eigenvalue weighted by atomic mass is 32.1. The van der Waals surface area contributed by atoms with Gasteiger partial charge in [-0.05, 0) is 29.7 Å². The van der Waals surface area contributed by atoms with E-state index in [2.05, 4.69) is 40.3 Å². The highest BCUT2D eigenvalue weighted by molar-refractivity contribution is 7.09. The first kappa shape index (κ1) is 12.2. The number of halogens is 1. The molecule has 0 aliphatic heterocycles. The molecule has 0 saturated carbocycles. The van der Waals surface area contributed by atoms with Gasteiger partial charge in [-0.25, -0.2) is 9.37 Å². The molecule has 98 valence electrons. The molecule has 0 atom stereocenters. The zero-order chi connectivity index (χ0) is 13.6. The maximum Gasteiger partial charge on any atom is 0.152 e. The quantitative estimate of drug-likeness (QED) is 0.740. The lowest BCUT2D eigenvalue weighted by Crippen LogP contribution is -2.13. The third kappa shape index (κ3) is 2.12. The van der Waals surface area contributed by atoms with Gasteiger partial charge in [0.25, 0.3) is 0 Å². The maximum atomic E-state index is 13.2. The van der Waals surface area contributed by atoms with Crippen molar-refractivity contribution >= 4 is 22.6 Å². The largest absolute Gasteiger partial charge is 0.337 e. The Kier molecular flexibility index (Phi) is 2.63. The van der Waals surface area contributed by atoms with Crippen molar-refractivity contribution in [3.8, 4) is 10.7 Å². The van der Waals surface area contributed by atoms with Gasteiger partial charge in [-0.3, -0.25) is 0 Å². The molecule has 1 N–H and O–H groups in total. The Hall–Kier alpha value is -1.82. The van der Waals surface area contributed by atoms with E-state index in [0.29, 0.717) is 11.3 Å². The molecular formula is C13H13FN4S. The van der Waals surface area contributed by atoms with Gasteiger partial charge in [-0.1, -0.05) is 25.3 Å². The summed E-state index contributed by atoms with van der Waals surface area (Å²) in [6.45, 7) is 6.24. The topological polar surface area (TPSA) is 54.5 Å². The number of nitrogens with one attached hydrogen (secondary N) is 1. The number of rotatable bonds is 1. The Morgan fingerprint density at radius 2 is 2.05 bits per heavy atom. The van der Waals surface area contributed by atoms with Crippen LogP contribution in [0.5, 0.6) is 0 Å². The predicted octanol–water partition coefficient (Wildman–Crippen LogP) is 3.52. The molecule has 0 radical (unpaired) electrons. The molecule has 0 aliphatic rings. The molecular weight excluding hydrogens is 263 g/mol. The van der Waals surface area contributed by atoms with Crippen molar-refractivity contribution in [3.63, 3.8) is 0 Å². The van der Waals surface area contributed by atoms with Crippen molar-refractivity contribution in [2.75, 3.05) is 0 Å². The van der Waals surface area contributed by atoms with Gasteiger partial charge < -0.3 is 4.98 Å². The minimum atomic E-state index is -0.277. The second kappa shape index (κ2) is 4.09. The summed E-state index contributed by atoms with van der Waals surface area (Å²) in [7, 11) is 0. The van der Waals surface area contributed by atoms with Gasteiger partial charge in [0.05, 0.1) is 16.7 Å². The molecule has 0 saturated heterocycles. The van der Waals surface area contributed by atoms with Gasteiger partial charge in [-0.15, -0.1) is 5.10 Å². The summed E-state index contributed by atoms with van der Waals surface area (Å²) in [6.07, 6.45) is 0. The molecule has 19 heavy (non-hydrogen) atoms. The van der Waals surface area contributed by atoms with Crippen molar-refractivity contribution in [2.45, 2.75) is 26.2 Å². The van der Waals surface area contributed by atoms with Crippen LogP contribution in [0.2, 0.25) is 0 Å². The average Bonchev–Trinajstić information content (AvgIpc) is 2.92. The van der Waals surface area contributed by atoms with Gasteiger partial charge >= 0.3 is 0 Å². The van der Waals surface area contributed by atoms with Gasteiger partial charge in [0.1, 0.15) is 10.7 Å². The lowest BCUT2D eigenvalue weighted by atomic mass is 9.91. The van der Waals surface area contributed by atoms with Crippen LogP contribution in [0.15, 0.2) is 18.2 Å². The molecule has 3 rings (SSSR count). The van der Waals surface area contributed by atoms with Gasteiger partial charge in [0.15, 0.2) is 5.82 Å². The van der Waals surface area contributed by atoms with E-state index in [1.165, 1.54) is 23.7 Å². The van der Waals surface area contributed by atoms with Crippen LogP contribution in [-0.2, 0) is 5.41 Å². The number of hydrogen-bond donors (Lipinski definition) is 1. The number of benzene rings is 1. The Morgan fingerprint density at radius 3 is 2.79 bits per heavy atom. The summed E-state index contributed by atoms with van der Waals surface area (Å²) >= 11 is 1.30. The summed E-state index contributed by atoms with van der Waals surface area (Å²) in [5, 5.41) is 4.19. The molecule has 6 heteroatoms. The first-order chi connectivity index (χ1) is 8.95. The Bertz CT molecular complexity index is 739. The third-order valence-corrected chi connectivity index (χ3v) is 3.59. The van der Waals surface area contributed by atoms with Crippen molar-refractivity contribution in [1.29, 1.82) is 0 Å². The van der Waals surface area contributed by atoms with Crippen LogP contribution in [0, 0.1) is 5.82 Å². The molecule has 0 unspecified atom stereocenters. The number of fused-ring (bicyclic) bond motifs is 1. The molecule has 1 aromatic carbocycles. The fraction of sp³-hybridized carbons (Fsp3) is 0.308. The minimum absolute atomic E-state index is 0.105. The van der Waals surface area contributed by atoms with E-state index in [4.69, 9.17) is 0 Å². The van der Waals surface area contributed by atoms with Crippen molar-refractivity contribution in [3.05, 3.63) is 29.7 Å². The van der Waals surface area contributed by atoms with E-state index in [1.54, 1.807) is 6.07 Å². The standard InChI is InChI=1S/C13H13FN4S/c1-13(2,3)11-10(19-18-17-11)12-15-8-5-4-7(14)6-9(8)16-12/h4-6H,1-3H3,(H,15,16). The van der Waals surface area contributed by atoms with Crippen LogP contribution in [0.4, 0.5) is 4.39 Å². The summed E-state index contributed by atoms with van der Waals surface area (Å²) in [5.74, 6) is 0.418. The van der Waals surface area contributed by atoms with Crippen LogP contribution in [0.3, 0.4) is 0 Å². The summed E-state index contributed by atoms with van der Waals surface area (Å²) < 4.78 is 17.2. The number of imidazole rings is 1. The fourth-order valence-corrected chi connectivity index (χ4v) is 2.75. The van der Waals surface area contributed by atoms with E-state index in [0.717, 1.165) is 16.1 Å². The Labute approximate surface area is 113 Å². The second-order valence-corrected chi connectivity index (χ2v) is 6.20. The van der Waals surface area contributed by atoms with Crippen LogP contribution in [0.25, 0.3) is 21.7 Å². The first-order valence-electron chi connectivity index (χ1n) is 5.93. The highest BCUT2D eigenvalue weighted by Crippen LogP contribution is 2.33. The molecule has 4 nitrogen and oxygen atoms in total. The van der Waals surface area contributed by atoms with E-state index in [9.17, 15) is 4.39 Å². The fourth-order valence-electron chi connectivity index (χ4n) is 1.93. The SMILES string of the molecule is CC(C)(C)c1nnsc1-c1nc2ccc(F)cc2[nH]1. The summed E-state index contributed by atoms with van der Waals surface area (Å²) in [4.78, 5) is 8.52. The number of H-pyrrole nitrogens is 1. The van der Waals surface area contributed by atoms with Crippen molar-refractivity contribution < 1.29 is 4.39 Å². The zero-order valence-corrected chi connectivity index (χ0v) is 11.7. The van der Waals surface area contributed by atoms with Crippen LogP contribution < -0.4 is 0 Å².